The lowest BCUT2D eigenvalue weighted by atomic mass is 9.95. The van der Waals surface area contributed by atoms with Crippen molar-refractivity contribution < 1.29 is 4.42 Å². The van der Waals surface area contributed by atoms with Gasteiger partial charge < -0.3 is 9.40 Å². The van der Waals surface area contributed by atoms with Crippen LogP contribution in [0.3, 0.4) is 0 Å². The molecule has 0 amide bonds. The van der Waals surface area contributed by atoms with Crippen molar-refractivity contribution in [3.05, 3.63) is 111 Å². The summed E-state index contributed by atoms with van der Waals surface area (Å²) in [6.45, 7) is 2.92. The van der Waals surface area contributed by atoms with Crippen molar-refractivity contribution in [3.8, 4) is 0 Å². The number of tetrazole rings is 1. The molecule has 3 aromatic heterocycles. The number of furan rings is 1. The SMILES string of the molecule is Cc1ccc2cc(C(c3nnnn3C3CCCCC3)N(Cc3ccco3)Cc3ccccc3Cl)c(=O)[nH]c2c1. The number of hydrogen-bond donors (Lipinski definition) is 1. The summed E-state index contributed by atoms with van der Waals surface area (Å²) in [7, 11) is 0. The monoisotopic (exact) mass is 542 g/mol. The van der Waals surface area contributed by atoms with Crippen LogP contribution in [0.2, 0.25) is 5.02 Å². The molecular formula is C30H31ClN6O2. The average molecular weight is 543 g/mol. The zero-order valence-electron chi connectivity index (χ0n) is 21.9. The van der Waals surface area contributed by atoms with Crippen LogP contribution in [0, 0.1) is 6.92 Å². The molecule has 9 heteroatoms. The molecule has 5 aromatic rings. The fourth-order valence-electron chi connectivity index (χ4n) is 5.69. The van der Waals surface area contributed by atoms with E-state index >= 15 is 0 Å². The lowest BCUT2D eigenvalue weighted by Gasteiger charge is -2.32. The molecule has 3 heterocycles. The van der Waals surface area contributed by atoms with Gasteiger partial charge in [-0.2, -0.15) is 0 Å². The highest BCUT2D eigenvalue weighted by atomic mass is 35.5. The van der Waals surface area contributed by atoms with E-state index in [4.69, 9.17) is 16.0 Å². The van der Waals surface area contributed by atoms with Crippen molar-refractivity contribution in [2.24, 2.45) is 0 Å². The summed E-state index contributed by atoms with van der Waals surface area (Å²) in [4.78, 5) is 19.1. The maximum Gasteiger partial charge on any atom is 0.253 e. The second kappa shape index (κ2) is 11.2. The number of H-pyrrole nitrogens is 1. The first-order valence-corrected chi connectivity index (χ1v) is 13.9. The molecule has 6 rings (SSSR count). The van der Waals surface area contributed by atoms with Gasteiger partial charge in [0.25, 0.3) is 5.56 Å². The number of nitrogens with zero attached hydrogens (tertiary/aromatic N) is 5. The Labute approximate surface area is 231 Å². The third-order valence-corrected chi connectivity index (χ3v) is 8.01. The first-order chi connectivity index (χ1) is 19.1. The molecule has 1 aliphatic carbocycles. The Morgan fingerprint density at radius 1 is 1.08 bits per heavy atom. The van der Waals surface area contributed by atoms with Crippen LogP contribution < -0.4 is 5.56 Å². The number of fused-ring (bicyclic) bond motifs is 1. The molecule has 1 atom stereocenters. The molecule has 0 bridgehead atoms. The molecule has 200 valence electrons. The molecular weight excluding hydrogens is 512 g/mol. The highest BCUT2D eigenvalue weighted by Gasteiger charge is 2.33. The van der Waals surface area contributed by atoms with E-state index in [-0.39, 0.29) is 11.6 Å². The largest absolute Gasteiger partial charge is 0.468 e. The van der Waals surface area contributed by atoms with Gasteiger partial charge >= 0.3 is 0 Å². The van der Waals surface area contributed by atoms with Gasteiger partial charge in [-0.1, -0.05) is 61.2 Å². The van der Waals surface area contributed by atoms with E-state index in [0.29, 0.717) is 29.5 Å². The minimum atomic E-state index is -0.544. The first-order valence-electron chi connectivity index (χ1n) is 13.5. The van der Waals surface area contributed by atoms with Crippen LogP contribution >= 0.6 is 11.6 Å². The highest BCUT2D eigenvalue weighted by molar-refractivity contribution is 6.31. The summed E-state index contributed by atoms with van der Waals surface area (Å²) in [6, 6.07) is 19.3. The molecule has 1 N–H and O–H groups in total. The summed E-state index contributed by atoms with van der Waals surface area (Å²) in [5.74, 6) is 1.43. The number of aryl methyl sites for hydroxylation is 1. The fourth-order valence-corrected chi connectivity index (χ4v) is 5.88. The average Bonchev–Trinajstić information content (AvgIpc) is 3.64. The number of aromatic amines is 1. The number of hydrogen-bond acceptors (Lipinski definition) is 6. The van der Waals surface area contributed by atoms with Crippen molar-refractivity contribution in [1.29, 1.82) is 0 Å². The Hall–Kier alpha value is -3.75. The van der Waals surface area contributed by atoms with Gasteiger partial charge in [-0.3, -0.25) is 9.69 Å². The summed E-state index contributed by atoms with van der Waals surface area (Å²) in [5, 5.41) is 14.8. The standard InChI is InChI=1S/C30H31ClN6O2/c1-20-13-14-21-17-25(30(38)32-27(21)16-20)28(29-33-34-35-37(29)23-9-3-2-4-10-23)36(19-24-11-7-15-39-24)18-22-8-5-6-12-26(22)31/h5-8,11-17,23,28H,2-4,9-10,18-19H2,1H3,(H,32,38). The molecule has 8 nitrogen and oxygen atoms in total. The normalized spacial score (nSPS) is 15.3. The number of aromatic nitrogens is 5. The zero-order valence-corrected chi connectivity index (χ0v) is 22.6. The predicted molar refractivity (Wildman–Crippen MR) is 150 cm³/mol. The van der Waals surface area contributed by atoms with E-state index in [9.17, 15) is 4.79 Å². The van der Waals surface area contributed by atoms with Crippen LogP contribution in [-0.2, 0) is 13.1 Å². The Morgan fingerprint density at radius 3 is 2.72 bits per heavy atom. The molecule has 1 fully saturated rings. The smallest absolute Gasteiger partial charge is 0.253 e. The number of nitrogens with one attached hydrogen (secondary N) is 1. The van der Waals surface area contributed by atoms with Crippen molar-refractivity contribution in [2.45, 2.75) is 64.2 Å². The topological polar surface area (TPSA) is 92.8 Å². The summed E-state index contributed by atoms with van der Waals surface area (Å²) in [5.41, 5.74) is 3.25. The molecule has 0 spiro atoms. The van der Waals surface area contributed by atoms with Gasteiger partial charge in [-0.15, -0.1) is 5.10 Å². The van der Waals surface area contributed by atoms with Gasteiger partial charge in [0, 0.05) is 22.6 Å². The molecule has 1 unspecified atom stereocenters. The summed E-state index contributed by atoms with van der Waals surface area (Å²) in [6.07, 6.45) is 7.19. The third-order valence-electron chi connectivity index (χ3n) is 7.64. The maximum atomic E-state index is 13.8. The van der Waals surface area contributed by atoms with Gasteiger partial charge in [0.2, 0.25) is 0 Å². The number of rotatable bonds is 8. The molecule has 0 saturated heterocycles. The number of pyridine rings is 1. The van der Waals surface area contributed by atoms with E-state index in [1.54, 1.807) is 6.26 Å². The van der Waals surface area contributed by atoms with Crippen LogP contribution in [0.1, 0.15) is 72.5 Å². The number of halogens is 1. The molecule has 39 heavy (non-hydrogen) atoms. The van der Waals surface area contributed by atoms with Crippen LogP contribution in [0.25, 0.3) is 10.9 Å². The van der Waals surface area contributed by atoms with E-state index in [1.165, 1.54) is 6.42 Å². The van der Waals surface area contributed by atoms with Crippen LogP contribution in [-0.4, -0.2) is 30.1 Å². The Kier molecular flexibility index (Phi) is 7.30. The predicted octanol–water partition coefficient (Wildman–Crippen LogP) is 6.37. The Morgan fingerprint density at radius 2 is 1.92 bits per heavy atom. The van der Waals surface area contributed by atoms with Gasteiger partial charge in [-0.25, -0.2) is 4.68 Å². The second-order valence-electron chi connectivity index (χ2n) is 10.4. The minimum absolute atomic E-state index is 0.167. The maximum absolute atomic E-state index is 13.8. The highest BCUT2D eigenvalue weighted by Crippen LogP contribution is 2.35. The van der Waals surface area contributed by atoms with Gasteiger partial charge in [0.05, 0.1) is 18.8 Å². The molecule has 1 aliphatic rings. The Balaban J connectivity index is 1.53. The molecule has 0 aliphatic heterocycles. The fraction of sp³-hybridized carbons (Fsp3) is 0.333. The molecule has 1 saturated carbocycles. The van der Waals surface area contributed by atoms with Crippen molar-refractivity contribution in [1.82, 2.24) is 30.1 Å². The zero-order chi connectivity index (χ0) is 26.8. The Bertz CT molecular complexity index is 1620. The van der Waals surface area contributed by atoms with Crippen molar-refractivity contribution >= 4 is 22.5 Å². The lowest BCUT2D eigenvalue weighted by molar-refractivity contribution is 0.173. The van der Waals surface area contributed by atoms with Gasteiger partial charge in [0.1, 0.15) is 11.8 Å². The quantitative estimate of drug-likeness (QED) is 0.245. The van der Waals surface area contributed by atoms with Crippen LogP contribution in [0.5, 0.6) is 0 Å². The van der Waals surface area contributed by atoms with E-state index < -0.39 is 6.04 Å². The third kappa shape index (κ3) is 5.40. The minimum Gasteiger partial charge on any atom is -0.468 e. The van der Waals surface area contributed by atoms with Gasteiger partial charge in [-0.05, 0) is 77.0 Å². The van der Waals surface area contributed by atoms with Crippen LogP contribution in [0.15, 0.2) is 76.1 Å². The van der Waals surface area contributed by atoms with Gasteiger partial charge in [0.15, 0.2) is 5.82 Å². The van der Waals surface area contributed by atoms with Crippen molar-refractivity contribution in [2.75, 3.05) is 0 Å². The number of benzene rings is 2. The van der Waals surface area contributed by atoms with E-state index in [1.807, 2.05) is 66.2 Å². The summed E-state index contributed by atoms with van der Waals surface area (Å²) < 4.78 is 7.73. The van der Waals surface area contributed by atoms with Crippen LogP contribution in [0.4, 0.5) is 0 Å². The molecule has 0 radical (unpaired) electrons. The molecule has 2 aromatic carbocycles. The first kappa shape index (κ1) is 25.5. The lowest BCUT2D eigenvalue weighted by Crippen LogP contribution is -2.35. The van der Waals surface area contributed by atoms with E-state index in [0.717, 1.165) is 53.5 Å². The second-order valence-corrected chi connectivity index (χ2v) is 10.8. The van der Waals surface area contributed by atoms with E-state index in [2.05, 4.69) is 31.5 Å². The van der Waals surface area contributed by atoms with Crippen molar-refractivity contribution in [3.63, 3.8) is 0 Å². The summed E-state index contributed by atoms with van der Waals surface area (Å²) >= 11 is 6.64.